The molecule has 0 aromatic heterocycles. The van der Waals surface area contributed by atoms with Crippen molar-refractivity contribution in [3.8, 4) is 0 Å². The molecule has 0 fully saturated rings. The van der Waals surface area contributed by atoms with Crippen LogP contribution in [-0.4, -0.2) is 23.5 Å². The van der Waals surface area contributed by atoms with Crippen LogP contribution in [0.3, 0.4) is 0 Å². The first-order valence-electron chi connectivity index (χ1n) is 2.67. The Balaban J connectivity index is 4.11. The number of hydrogen-bond acceptors (Lipinski definition) is 2. The topological polar surface area (TPSA) is 66.4 Å². The zero-order valence-corrected chi connectivity index (χ0v) is 5.63. The molecular formula is C6H9NO3. The van der Waals surface area contributed by atoms with Crippen molar-refractivity contribution >= 4 is 12.4 Å². The van der Waals surface area contributed by atoms with Crippen LogP contribution in [0.4, 0.5) is 0 Å². The summed E-state index contributed by atoms with van der Waals surface area (Å²) in [5, 5.41) is 10.5. The predicted octanol–water partition coefficient (Wildman–Crippen LogP) is -0.238. The monoisotopic (exact) mass is 143 g/mol. The third-order valence-corrected chi connectivity index (χ3v) is 0.974. The molecule has 56 valence electrons. The standard InChI is InChI=1S/C6H9NO3/c1-4(2)5(6(9)10)7-3-8/h3,5H,1H2,2H3,(H,7,8)(H,9,10). The van der Waals surface area contributed by atoms with Crippen LogP contribution in [-0.2, 0) is 9.59 Å². The Kier molecular flexibility index (Phi) is 3.17. The minimum Gasteiger partial charge on any atom is -0.479 e. The fraction of sp³-hybridized carbons (Fsp3) is 0.333. The summed E-state index contributed by atoms with van der Waals surface area (Å²) in [6, 6.07) is -0.961. The van der Waals surface area contributed by atoms with Crippen LogP contribution in [0, 0.1) is 0 Å². The van der Waals surface area contributed by atoms with E-state index in [0.717, 1.165) is 0 Å². The van der Waals surface area contributed by atoms with E-state index >= 15 is 0 Å². The first-order valence-corrected chi connectivity index (χ1v) is 2.67. The van der Waals surface area contributed by atoms with Crippen molar-refractivity contribution in [2.45, 2.75) is 13.0 Å². The lowest BCUT2D eigenvalue weighted by Gasteiger charge is -2.08. The lowest BCUT2D eigenvalue weighted by molar-refractivity contribution is -0.139. The molecular weight excluding hydrogens is 134 g/mol. The van der Waals surface area contributed by atoms with E-state index in [9.17, 15) is 9.59 Å². The zero-order chi connectivity index (χ0) is 8.15. The highest BCUT2D eigenvalue weighted by atomic mass is 16.4. The van der Waals surface area contributed by atoms with Gasteiger partial charge >= 0.3 is 5.97 Å². The second-order valence-corrected chi connectivity index (χ2v) is 1.90. The van der Waals surface area contributed by atoms with Gasteiger partial charge in [-0.3, -0.25) is 4.79 Å². The van der Waals surface area contributed by atoms with Crippen LogP contribution >= 0.6 is 0 Å². The quantitative estimate of drug-likeness (QED) is 0.421. The summed E-state index contributed by atoms with van der Waals surface area (Å²) >= 11 is 0. The van der Waals surface area contributed by atoms with Gasteiger partial charge in [-0.05, 0) is 12.5 Å². The van der Waals surface area contributed by atoms with Crippen LogP contribution < -0.4 is 5.32 Å². The number of carbonyl (C=O) groups excluding carboxylic acids is 1. The Morgan fingerprint density at radius 2 is 2.30 bits per heavy atom. The van der Waals surface area contributed by atoms with Gasteiger partial charge in [-0.1, -0.05) is 6.58 Å². The van der Waals surface area contributed by atoms with Gasteiger partial charge in [-0.25, -0.2) is 4.79 Å². The molecule has 0 aliphatic rings. The van der Waals surface area contributed by atoms with Crippen LogP contribution in [0.5, 0.6) is 0 Å². The Hall–Kier alpha value is -1.32. The van der Waals surface area contributed by atoms with E-state index < -0.39 is 12.0 Å². The first-order chi connectivity index (χ1) is 4.59. The molecule has 0 saturated carbocycles. The highest BCUT2D eigenvalue weighted by Crippen LogP contribution is 1.95. The summed E-state index contributed by atoms with van der Waals surface area (Å²) in [5.41, 5.74) is 0.402. The van der Waals surface area contributed by atoms with Gasteiger partial charge in [-0.2, -0.15) is 0 Å². The van der Waals surface area contributed by atoms with E-state index in [-0.39, 0.29) is 0 Å². The molecule has 4 heteroatoms. The van der Waals surface area contributed by atoms with E-state index in [1.54, 1.807) is 0 Å². The van der Waals surface area contributed by atoms with E-state index in [2.05, 4.69) is 11.9 Å². The second-order valence-electron chi connectivity index (χ2n) is 1.90. The molecule has 0 aromatic carbocycles. The molecule has 0 rings (SSSR count). The smallest absolute Gasteiger partial charge is 0.330 e. The molecule has 0 radical (unpaired) electrons. The molecule has 1 amide bonds. The third kappa shape index (κ3) is 2.30. The molecule has 0 aliphatic heterocycles. The van der Waals surface area contributed by atoms with Crippen molar-refractivity contribution in [1.29, 1.82) is 0 Å². The van der Waals surface area contributed by atoms with Crippen molar-refractivity contribution in [1.82, 2.24) is 5.32 Å². The van der Waals surface area contributed by atoms with Gasteiger partial charge in [0.15, 0.2) is 0 Å². The Morgan fingerprint density at radius 3 is 2.40 bits per heavy atom. The average molecular weight is 143 g/mol. The minimum atomic E-state index is -1.10. The lowest BCUT2D eigenvalue weighted by Crippen LogP contribution is -2.36. The van der Waals surface area contributed by atoms with Crippen molar-refractivity contribution in [3.05, 3.63) is 12.2 Å². The number of carboxylic acids is 1. The normalized spacial score (nSPS) is 11.7. The Labute approximate surface area is 58.5 Å². The van der Waals surface area contributed by atoms with Gasteiger partial charge in [0.05, 0.1) is 0 Å². The number of carbonyl (C=O) groups is 2. The van der Waals surface area contributed by atoms with Gasteiger partial charge in [0.1, 0.15) is 6.04 Å². The van der Waals surface area contributed by atoms with Crippen LogP contribution in [0.2, 0.25) is 0 Å². The first kappa shape index (κ1) is 8.68. The van der Waals surface area contributed by atoms with Gasteiger partial charge in [0.25, 0.3) is 0 Å². The highest BCUT2D eigenvalue weighted by Gasteiger charge is 2.15. The van der Waals surface area contributed by atoms with Crippen molar-refractivity contribution < 1.29 is 14.7 Å². The average Bonchev–Trinajstić information content (AvgIpc) is 1.81. The summed E-state index contributed by atoms with van der Waals surface area (Å²) in [4.78, 5) is 20.1. The maximum Gasteiger partial charge on any atom is 0.330 e. The van der Waals surface area contributed by atoms with Gasteiger partial charge < -0.3 is 10.4 Å². The number of rotatable bonds is 4. The summed E-state index contributed by atoms with van der Waals surface area (Å²) in [7, 11) is 0. The van der Waals surface area contributed by atoms with Crippen molar-refractivity contribution in [3.63, 3.8) is 0 Å². The van der Waals surface area contributed by atoms with Crippen molar-refractivity contribution in [2.24, 2.45) is 0 Å². The lowest BCUT2D eigenvalue weighted by atomic mass is 10.1. The number of carboxylic acid groups (broad SMARTS) is 1. The summed E-state index contributed by atoms with van der Waals surface area (Å²) in [6.45, 7) is 4.93. The summed E-state index contributed by atoms with van der Waals surface area (Å²) in [5.74, 6) is -1.10. The molecule has 0 saturated heterocycles. The molecule has 1 atom stereocenters. The minimum absolute atomic E-state index is 0.341. The van der Waals surface area contributed by atoms with Gasteiger partial charge in [-0.15, -0.1) is 0 Å². The van der Waals surface area contributed by atoms with Crippen LogP contribution in [0.25, 0.3) is 0 Å². The molecule has 0 heterocycles. The Bertz CT molecular complexity index is 150. The van der Waals surface area contributed by atoms with Gasteiger partial charge in [0.2, 0.25) is 6.41 Å². The fourth-order valence-electron chi connectivity index (χ4n) is 0.492. The number of nitrogens with one attached hydrogen (secondary N) is 1. The van der Waals surface area contributed by atoms with E-state index in [1.807, 2.05) is 0 Å². The summed E-state index contributed by atoms with van der Waals surface area (Å²) < 4.78 is 0. The van der Waals surface area contributed by atoms with Crippen LogP contribution in [0.1, 0.15) is 6.92 Å². The molecule has 0 bridgehead atoms. The summed E-state index contributed by atoms with van der Waals surface area (Å²) in [6.07, 6.45) is 0.341. The SMILES string of the molecule is C=C(C)C(NC=O)C(=O)O. The zero-order valence-electron chi connectivity index (χ0n) is 5.63. The highest BCUT2D eigenvalue weighted by molar-refractivity contribution is 5.79. The van der Waals surface area contributed by atoms with Crippen molar-refractivity contribution in [2.75, 3.05) is 0 Å². The third-order valence-electron chi connectivity index (χ3n) is 0.974. The fourth-order valence-corrected chi connectivity index (χ4v) is 0.492. The van der Waals surface area contributed by atoms with E-state index in [0.29, 0.717) is 12.0 Å². The number of aliphatic carboxylic acids is 1. The second kappa shape index (κ2) is 3.66. The Morgan fingerprint density at radius 1 is 1.80 bits per heavy atom. The molecule has 1 unspecified atom stereocenters. The molecule has 0 aliphatic carbocycles. The van der Waals surface area contributed by atoms with E-state index in [1.165, 1.54) is 6.92 Å². The number of hydrogen-bond donors (Lipinski definition) is 2. The molecule has 4 nitrogen and oxygen atoms in total. The maximum absolute atomic E-state index is 10.2. The van der Waals surface area contributed by atoms with E-state index in [4.69, 9.17) is 5.11 Å². The molecule has 0 spiro atoms. The largest absolute Gasteiger partial charge is 0.479 e. The van der Waals surface area contributed by atoms with Crippen LogP contribution in [0.15, 0.2) is 12.2 Å². The maximum atomic E-state index is 10.2. The predicted molar refractivity (Wildman–Crippen MR) is 35.4 cm³/mol. The van der Waals surface area contributed by atoms with Gasteiger partial charge in [0, 0.05) is 0 Å². The molecule has 0 aromatic rings. The molecule has 2 N–H and O–H groups in total. The molecule has 10 heavy (non-hydrogen) atoms. The number of amides is 1.